The maximum Gasteiger partial charge on any atom is 0.320 e. The van der Waals surface area contributed by atoms with E-state index in [0.29, 0.717) is 26.2 Å². The molecule has 0 aromatic heterocycles. The van der Waals surface area contributed by atoms with Crippen molar-refractivity contribution in [3.63, 3.8) is 0 Å². The second-order valence-corrected chi connectivity index (χ2v) is 5.14. The molecule has 0 aromatic carbocycles. The summed E-state index contributed by atoms with van der Waals surface area (Å²) in [6, 6.07) is 2.01. The van der Waals surface area contributed by atoms with Gasteiger partial charge in [-0.3, -0.25) is 4.79 Å². The highest BCUT2D eigenvalue weighted by Crippen LogP contribution is 2.25. The molecule has 106 valence electrons. The average molecular weight is 267 g/mol. The van der Waals surface area contributed by atoms with E-state index in [9.17, 15) is 9.59 Å². The number of aliphatic carboxylic acids is 1. The van der Waals surface area contributed by atoms with Crippen LogP contribution in [0.25, 0.3) is 0 Å². The lowest BCUT2D eigenvalue weighted by molar-refractivity contribution is -0.144. The smallest absolute Gasteiger partial charge is 0.320 e. The normalized spacial score (nSPS) is 18.1. The number of hydrogen-bond donors (Lipinski definition) is 1. The number of carbonyl (C=O) groups excluding carboxylic acids is 1. The van der Waals surface area contributed by atoms with Crippen LogP contribution in [-0.4, -0.2) is 53.1 Å². The molecule has 6 heteroatoms. The third-order valence-electron chi connectivity index (χ3n) is 3.64. The first-order chi connectivity index (χ1) is 8.90. The predicted octanol–water partition coefficient (Wildman–Crippen LogP) is 1.24. The molecular weight excluding hydrogens is 246 g/mol. The van der Waals surface area contributed by atoms with Gasteiger partial charge in [0.05, 0.1) is 17.9 Å². The number of carboxylic acid groups (broad SMARTS) is 1. The van der Waals surface area contributed by atoms with Crippen LogP contribution < -0.4 is 0 Å². The quantitative estimate of drug-likeness (QED) is 0.812. The molecule has 2 amide bonds. The Morgan fingerprint density at radius 1 is 1.47 bits per heavy atom. The maximum absolute atomic E-state index is 12.1. The van der Waals surface area contributed by atoms with Crippen LogP contribution in [-0.2, 0) is 4.79 Å². The second kappa shape index (κ2) is 6.41. The molecule has 0 saturated carbocycles. The van der Waals surface area contributed by atoms with Gasteiger partial charge in [-0.25, -0.2) is 4.79 Å². The zero-order chi connectivity index (χ0) is 14.6. The van der Waals surface area contributed by atoms with Crippen molar-refractivity contribution < 1.29 is 14.7 Å². The van der Waals surface area contributed by atoms with Crippen molar-refractivity contribution in [1.29, 1.82) is 5.26 Å². The molecule has 19 heavy (non-hydrogen) atoms. The van der Waals surface area contributed by atoms with Gasteiger partial charge < -0.3 is 14.9 Å². The van der Waals surface area contributed by atoms with E-state index < -0.39 is 11.9 Å². The highest BCUT2D eigenvalue weighted by molar-refractivity contribution is 5.76. The Morgan fingerprint density at radius 3 is 2.47 bits per heavy atom. The van der Waals surface area contributed by atoms with Gasteiger partial charge in [-0.15, -0.1) is 0 Å². The number of nitriles is 1. The van der Waals surface area contributed by atoms with Crippen LogP contribution in [0.4, 0.5) is 4.79 Å². The zero-order valence-corrected chi connectivity index (χ0v) is 11.7. The molecule has 6 nitrogen and oxygen atoms in total. The van der Waals surface area contributed by atoms with Gasteiger partial charge in [0.2, 0.25) is 0 Å². The number of carboxylic acids is 1. The molecule has 0 aliphatic carbocycles. The summed E-state index contributed by atoms with van der Waals surface area (Å²) in [6.45, 7) is 7.28. The van der Waals surface area contributed by atoms with E-state index >= 15 is 0 Å². The molecule has 0 bridgehead atoms. The number of urea groups is 1. The average Bonchev–Trinajstić information content (AvgIpc) is 2.33. The monoisotopic (exact) mass is 267 g/mol. The Bertz CT molecular complexity index is 385. The lowest BCUT2D eigenvalue weighted by Gasteiger charge is -2.43. The van der Waals surface area contributed by atoms with E-state index in [2.05, 4.69) is 6.07 Å². The molecule has 0 spiro atoms. The highest BCUT2D eigenvalue weighted by Gasteiger charge is 2.38. The lowest BCUT2D eigenvalue weighted by Crippen LogP contribution is -2.57. The largest absolute Gasteiger partial charge is 0.481 e. The summed E-state index contributed by atoms with van der Waals surface area (Å²) in [5, 5.41) is 17.7. The standard InChI is InChI=1S/C13H21N3O3/c1-4-15(6-9(2)5-14)13(19)16-7-11(8-16)10(3)12(17)18/h9-11H,4,6-8H2,1-3H3,(H,17,18). The first-order valence-corrected chi connectivity index (χ1v) is 6.56. The van der Waals surface area contributed by atoms with Gasteiger partial charge in [0.15, 0.2) is 0 Å². The summed E-state index contributed by atoms with van der Waals surface area (Å²) in [7, 11) is 0. The SMILES string of the molecule is CCN(CC(C)C#N)C(=O)N1CC(C(C)C(=O)O)C1. The molecule has 2 atom stereocenters. The van der Waals surface area contributed by atoms with Gasteiger partial charge in [0.1, 0.15) is 0 Å². The molecule has 1 saturated heterocycles. The minimum atomic E-state index is -0.817. The zero-order valence-electron chi connectivity index (χ0n) is 11.7. The van der Waals surface area contributed by atoms with Crippen LogP contribution in [0.1, 0.15) is 20.8 Å². The van der Waals surface area contributed by atoms with Gasteiger partial charge in [-0.05, 0) is 13.8 Å². The van der Waals surface area contributed by atoms with E-state index in [0.717, 1.165) is 0 Å². The van der Waals surface area contributed by atoms with Gasteiger partial charge >= 0.3 is 12.0 Å². The number of rotatable bonds is 5. The van der Waals surface area contributed by atoms with Crippen molar-refractivity contribution in [3.8, 4) is 6.07 Å². The van der Waals surface area contributed by atoms with E-state index in [1.807, 2.05) is 6.92 Å². The van der Waals surface area contributed by atoms with Crippen LogP contribution in [0, 0.1) is 29.1 Å². The fourth-order valence-corrected chi connectivity index (χ4v) is 2.10. The van der Waals surface area contributed by atoms with Crippen LogP contribution in [0.15, 0.2) is 0 Å². The number of likely N-dealkylation sites (tertiary alicyclic amines) is 1. The molecule has 1 rings (SSSR count). The number of hydrogen-bond acceptors (Lipinski definition) is 3. The summed E-state index contributed by atoms with van der Waals surface area (Å²) < 4.78 is 0. The first-order valence-electron chi connectivity index (χ1n) is 6.56. The lowest BCUT2D eigenvalue weighted by atomic mass is 9.87. The molecule has 2 unspecified atom stereocenters. The van der Waals surface area contributed by atoms with Crippen molar-refractivity contribution >= 4 is 12.0 Å². The molecule has 1 aliphatic heterocycles. The molecule has 0 radical (unpaired) electrons. The number of amides is 2. The van der Waals surface area contributed by atoms with Gasteiger partial charge in [0, 0.05) is 32.1 Å². The van der Waals surface area contributed by atoms with Crippen LogP contribution in [0.2, 0.25) is 0 Å². The predicted molar refractivity (Wildman–Crippen MR) is 69.3 cm³/mol. The second-order valence-electron chi connectivity index (χ2n) is 5.14. The van der Waals surface area contributed by atoms with Crippen LogP contribution in [0.5, 0.6) is 0 Å². The summed E-state index contributed by atoms with van der Waals surface area (Å²) in [4.78, 5) is 26.3. The van der Waals surface area contributed by atoms with Crippen LogP contribution >= 0.6 is 0 Å². The van der Waals surface area contributed by atoms with E-state index in [-0.39, 0.29) is 17.9 Å². The van der Waals surface area contributed by atoms with Crippen molar-refractivity contribution in [2.24, 2.45) is 17.8 Å². The summed E-state index contributed by atoms with van der Waals surface area (Å²) >= 11 is 0. The summed E-state index contributed by atoms with van der Waals surface area (Å²) in [6.07, 6.45) is 0. The van der Waals surface area contributed by atoms with Crippen molar-refractivity contribution in [2.75, 3.05) is 26.2 Å². The maximum atomic E-state index is 12.1. The Balaban J connectivity index is 2.48. The van der Waals surface area contributed by atoms with Gasteiger partial charge in [-0.1, -0.05) is 6.92 Å². The van der Waals surface area contributed by atoms with E-state index in [4.69, 9.17) is 10.4 Å². The molecular formula is C13H21N3O3. The van der Waals surface area contributed by atoms with E-state index in [1.165, 1.54) is 0 Å². The van der Waals surface area contributed by atoms with Crippen molar-refractivity contribution in [3.05, 3.63) is 0 Å². The molecule has 1 fully saturated rings. The Kier molecular flexibility index (Phi) is 5.16. The molecule has 0 aromatic rings. The van der Waals surface area contributed by atoms with Crippen LogP contribution in [0.3, 0.4) is 0 Å². The minimum Gasteiger partial charge on any atom is -0.481 e. The summed E-state index contributed by atoms with van der Waals surface area (Å²) in [5.74, 6) is -1.40. The molecule has 1 heterocycles. The fraction of sp³-hybridized carbons (Fsp3) is 0.769. The van der Waals surface area contributed by atoms with Crippen molar-refractivity contribution in [2.45, 2.75) is 20.8 Å². The van der Waals surface area contributed by atoms with E-state index in [1.54, 1.807) is 23.6 Å². The Hall–Kier alpha value is -1.77. The number of nitrogens with zero attached hydrogens (tertiary/aromatic N) is 3. The Morgan fingerprint density at radius 2 is 2.05 bits per heavy atom. The minimum absolute atomic E-state index is 0.0357. The fourth-order valence-electron chi connectivity index (χ4n) is 2.10. The third kappa shape index (κ3) is 3.60. The highest BCUT2D eigenvalue weighted by atomic mass is 16.4. The number of carbonyl (C=O) groups is 2. The van der Waals surface area contributed by atoms with Crippen molar-refractivity contribution in [1.82, 2.24) is 9.80 Å². The third-order valence-corrected chi connectivity index (χ3v) is 3.64. The molecule has 1 N–H and O–H groups in total. The van der Waals surface area contributed by atoms with Gasteiger partial charge in [0.25, 0.3) is 0 Å². The first kappa shape index (κ1) is 15.3. The Labute approximate surface area is 113 Å². The van der Waals surface area contributed by atoms with Gasteiger partial charge in [-0.2, -0.15) is 5.26 Å². The summed E-state index contributed by atoms with van der Waals surface area (Å²) in [5.41, 5.74) is 0. The molecule has 1 aliphatic rings. The topological polar surface area (TPSA) is 84.6 Å².